The summed E-state index contributed by atoms with van der Waals surface area (Å²) in [5.41, 5.74) is 0.00596. The first kappa shape index (κ1) is 21.0. The average molecular weight is 432 g/mol. The minimum Gasteiger partial charge on any atom is -0.481 e. The van der Waals surface area contributed by atoms with Crippen molar-refractivity contribution in [3.05, 3.63) is 58.1 Å². The molecular weight excluding hydrogens is 417 g/mol. The van der Waals surface area contributed by atoms with Gasteiger partial charge < -0.3 is 10.2 Å². The maximum absolute atomic E-state index is 13.1. The summed E-state index contributed by atoms with van der Waals surface area (Å²) < 4.78 is 27.1. The molecule has 0 aromatic heterocycles. The molecule has 27 heavy (non-hydrogen) atoms. The van der Waals surface area contributed by atoms with Crippen molar-refractivity contribution in [3.8, 4) is 0 Å². The number of anilines is 1. The van der Waals surface area contributed by atoms with Crippen LogP contribution in [0.3, 0.4) is 0 Å². The fourth-order valence-electron chi connectivity index (χ4n) is 2.32. The third-order valence-corrected chi connectivity index (χ3v) is 6.17. The Balaban J connectivity index is 2.50. The maximum atomic E-state index is 13.1. The van der Waals surface area contributed by atoms with E-state index in [0.29, 0.717) is 0 Å². The van der Waals surface area contributed by atoms with Crippen LogP contribution in [0.2, 0.25) is 10.0 Å². The van der Waals surface area contributed by atoms with Gasteiger partial charge in [0.15, 0.2) is 0 Å². The van der Waals surface area contributed by atoms with Gasteiger partial charge in [-0.25, -0.2) is 13.2 Å². The Morgan fingerprint density at radius 2 is 1.70 bits per heavy atom. The van der Waals surface area contributed by atoms with E-state index in [-0.39, 0.29) is 45.6 Å². The summed E-state index contributed by atoms with van der Waals surface area (Å²) in [7, 11) is -4.13. The van der Waals surface area contributed by atoms with E-state index in [1.54, 1.807) is 0 Å². The first-order chi connectivity index (χ1) is 12.6. The van der Waals surface area contributed by atoms with E-state index in [4.69, 9.17) is 33.4 Å². The van der Waals surface area contributed by atoms with Crippen LogP contribution < -0.4 is 4.31 Å². The molecule has 0 fully saturated rings. The molecule has 2 aromatic rings. The smallest absolute Gasteiger partial charge is 0.335 e. The number of nitrogens with zero attached hydrogens (tertiary/aromatic N) is 1. The Morgan fingerprint density at radius 3 is 2.30 bits per heavy atom. The fourth-order valence-corrected chi connectivity index (χ4v) is 4.21. The molecule has 0 aliphatic heterocycles. The number of aromatic carboxylic acids is 1. The largest absolute Gasteiger partial charge is 0.481 e. The van der Waals surface area contributed by atoms with Gasteiger partial charge in [0.1, 0.15) is 0 Å². The molecule has 10 heteroatoms. The second-order valence-corrected chi connectivity index (χ2v) is 8.18. The van der Waals surface area contributed by atoms with Crippen LogP contribution in [-0.4, -0.2) is 37.1 Å². The standard InChI is InChI=1S/C17H15Cl2NO6S/c18-14-7-6-13(10-15(14)19)27(25,26)20(8-2-5-16(21)22)12-4-1-3-11(9-12)17(23)24/h1,3-4,6-7,9-10H,2,5,8H2,(H,21,22)(H,23,24). The number of hydrogen-bond acceptors (Lipinski definition) is 4. The van der Waals surface area contributed by atoms with Gasteiger partial charge >= 0.3 is 11.9 Å². The molecule has 2 aromatic carbocycles. The Labute approximate surface area is 165 Å². The molecule has 0 saturated heterocycles. The monoisotopic (exact) mass is 431 g/mol. The Hall–Kier alpha value is -2.29. The van der Waals surface area contributed by atoms with Crippen LogP contribution in [0.25, 0.3) is 0 Å². The maximum Gasteiger partial charge on any atom is 0.335 e. The van der Waals surface area contributed by atoms with Crippen LogP contribution in [0.5, 0.6) is 0 Å². The highest BCUT2D eigenvalue weighted by Crippen LogP contribution is 2.29. The van der Waals surface area contributed by atoms with Crippen LogP contribution >= 0.6 is 23.2 Å². The molecular formula is C17H15Cl2NO6S. The number of aliphatic carboxylic acids is 1. The molecule has 0 saturated carbocycles. The van der Waals surface area contributed by atoms with Crippen molar-refractivity contribution in [3.63, 3.8) is 0 Å². The van der Waals surface area contributed by atoms with Gasteiger partial charge in [-0.2, -0.15) is 0 Å². The van der Waals surface area contributed by atoms with Crippen molar-refractivity contribution in [2.75, 3.05) is 10.8 Å². The lowest BCUT2D eigenvalue weighted by atomic mass is 10.2. The number of sulfonamides is 1. The van der Waals surface area contributed by atoms with E-state index >= 15 is 0 Å². The molecule has 0 amide bonds. The summed E-state index contributed by atoms with van der Waals surface area (Å²) in [5.74, 6) is -2.28. The molecule has 0 atom stereocenters. The van der Waals surface area contributed by atoms with E-state index in [2.05, 4.69) is 0 Å². The Bertz CT molecular complexity index is 977. The second kappa shape index (κ2) is 8.60. The summed E-state index contributed by atoms with van der Waals surface area (Å²) in [6.45, 7) is -0.155. The van der Waals surface area contributed by atoms with Crippen LogP contribution in [0, 0.1) is 0 Å². The van der Waals surface area contributed by atoms with Gasteiger partial charge in [0.25, 0.3) is 10.0 Å². The third-order valence-electron chi connectivity index (χ3n) is 3.61. The molecule has 0 heterocycles. The summed E-state index contributed by atoms with van der Waals surface area (Å²) in [6.07, 6.45) is -0.209. The normalized spacial score (nSPS) is 11.2. The van der Waals surface area contributed by atoms with E-state index in [9.17, 15) is 18.0 Å². The molecule has 144 valence electrons. The van der Waals surface area contributed by atoms with Gasteiger partial charge in [-0.05, 0) is 42.8 Å². The lowest BCUT2D eigenvalue weighted by Crippen LogP contribution is -2.32. The second-order valence-electron chi connectivity index (χ2n) is 5.51. The molecule has 0 aliphatic carbocycles. The number of carboxylic acids is 2. The number of halogens is 2. The molecule has 0 spiro atoms. The molecule has 0 aliphatic rings. The lowest BCUT2D eigenvalue weighted by Gasteiger charge is -2.25. The predicted molar refractivity (Wildman–Crippen MR) is 101 cm³/mol. The lowest BCUT2D eigenvalue weighted by molar-refractivity contribution is -0.137. The van der Waals surface area contributed by atoms with Crippen molar-refractivity contribution in [2.24, 2.45) is 0 Å². The van der Waals surface area contributed by atoms with Gasteiger partial charge in [-0.15, -0.1) is 0 Å². The number of hydrogen-bond donors (Lipinski definition) is 2. The number of carboxylic acid groups (broad SMARTS) is 2. The van der Waals surface area contributed by atoms with Crippen LogP contribution in [-0.2, 0) is 14.8 Å². The zero-order valence-corrected chi connectivity index (χ0v) is 16.1. The third kappa shape index (κ3) is 5.12. The average Bonchev–Trinajstić information content (AvgIpc) is 2.60. The van der Waals surface area contributed by atoms with E-state index in [1.165, 1.54) is 42.5 Å². The summed E-state index contributed by atoms with van der Waals surface area (Å²) in [6, 6.07) is 9.17. The first-order valence-electron chi connectivity index (χ1n) is 7.66. The number of benzene rings is 2. The summed E-state index contributed by atoms with van der Waals surface area (Å²) >= 11 is 11.7. The van der Waals surface area contributed by atoms with Crippen molar-refractivity contribution in [2.45, 2.75) is 17.7 Å². The zero-order chi connectivity index (χ0) is 20.2. The minimum absolute atomic E-state index is 0.0349. The summed E-state index contributed by atoms with van der Waals surface area (Å²) in [5, 5.41) is 18.2. The van der Waals surface area contributed by atoms with Crippen LogP contribution in [0.1, 0.15) is 23.2 Å². The molecule has 0 radical (unpaired) electrons. The molecule has 2 N–H and O–H groups in total. The number of rotatable bonds is 8. The Kier molecular flexibility index (Phi) is 6.69. The van der Waals surface area contributed by atoms with Gasteiger partial charge in [0, 0.05) is 13.0 Å². The minimum atomic E-state index is -4.13. The van der Waals surface area contributed by atoms with Crippen LogP contribution in [0.15, 0.2) is 47.4 Å². The molecule has 0 bridgehead atoms. The molecule has 2 rings (SSSR count). The molecule has 7 nitrogen and oxygen atoms in total. The fraction of sp³-hybridized carbons (Fsp3) is 0.176. The first-order valence-corrected chi connectivity index (χ1v) is 9.85. The van der Waals surface area contributed by atoms with Crippen molar-refractivity contribution < 1.29 is 28.2 Å². The summed E-state index contributed by atoms with van der Waals surface area (Å²) in [4.78, 5) is 21.8. The van der Waals surface area contributed by atoms with E-state index in [1.807, 2.05) is 0 Å². The van der Waals surface area contributed by atoms with Crippen molar-refractivity contribution in [1.82, 2.24) is 0 Å². The van der Waals surface area contributed by atoms with Gasteiger partial charge in [-0.3, -0.25) is 9.10 Å². The SMILES string of the molecule is O=C(O)CCCN(c1cccc(C(=O)O)c1)S(=O)(=O)c1ccc(Cl)c(Cl)c1. The van der Waals surface area contributed by atoms with E-state index in [0.717, 1.165) is 4.31 Å². The molecule has 0 unspecified atom stereocenters. The van der Waals surface area contributed by atoms with Gasteiger partial charge in [0.2, 0.25) is 0 Å². The highest BCUT2D eigenvalue weighted by Gasteiger charge is 2.26. The van der Waals surface area contributed by atoms with Crippen molar-refractivity contribution >= 4 is 50.9 Å². The van der Waals surface area contributed by atoms with Crippen molar-refractivity contribution in [1.29, 1.82) is 0 Å². The quantitative estimate of drug-likeness (QED) is 0.657. The zero-order valence-electron chi connectivity index (χ0n) is 13.8. The van der Waals surface area contributed by atoms with Gasteiger partial charge in [0.05, 0.1) is 26.2 Å². The van der Waals surface area contributed by atoms with E-state index < -0.39 is 22.0 Å². The topological polar surface area (TPSA) is 112 Å². The van der Waals surface area contributed by atoms with Crippen LogP contribution in [0.4, 0.5) is 5.69 Å². The number of carbonyl (C=O) groups is 2. The highest BCUT2D eigenvalue weighted by atomic mass is 35.5. The highest BCUT2D eigenvalue weighted by molar-refractivity contribution is 7.92. The van der Waals surface area contributed by atoms with Gasteiger partial charge in [-0.1, -0.05) is 29.3 Å². The Morgan fingerprint density at radius 1 is 1.00 bits per heavy atom. The predicted octanol–water partition coefficient (Wildman–Crippen LogP) is 3.75.